The van der Waals surface area contributed by atoms with Gasteiger partial charge in [0.2, 0.25) is 0 Å². The Hall–Kier alpha value is -2.55. The van der Waals surface area contributed by atoms with Gasteiger partial charge < -0.3 is 5.32 Å². The van der Waals surface area contributed by atoms with E-state index in [2.05, 4.69) is 5.32 Å². The Balaban J connectivity index is 2.35. The molecule has 1 amide bonds. The zero-order valence-electron chi connectivity index (χ0n) is 12.3. The quantitative estimate of drug-likeness (QED) is 0.494. The summed E-state index contributed by atoms with van der Waals surface area (Å²) in [5.74, 6) is -0.850. The van der Waals surface area contributed by atoms with E-state index in [1.165, 1.54) is 36.0 Å². The summed E-state index contributed by atoms with van der Waals surface area (Å²) in [6.45, 7) is 0. The number of carbonyl (C=O) groups is 1. The third-order valence-corrected chi connectivity index (χ3v) is 3.82. The second kappa shape index (κ2) is 6.91. The summed E-state index contributed by atoms with van der Waals surface area (Å²) >= 11 is 1.28. The van der Waals surface area contributed by atoms with Crippen molar-refractivity contribution >= 4 is 29.0 Å². The lowest BCUT2D eigenvalue weighted by Gasteiger charge is -2.10. The summed E-state index contributed by atoms with van der Waals surface area (Å²) in [5, 5.41) is 13.3. The molecule has 2 aromatic rings. The highest BCUT2D eigenvalue weighted by atomic mass is 32.2. The van der Waals surface area contributed by atoms with Crippen LogP contribution >= 0.6 is 11.8 Å². The standard InChI is InChI=1S/C15H11F3N2O3S/c1-24-11-5-6-13(20(22)23)12(8-11)14(21)19-10-4-2-3-9(7-10)15(16,17)18/h2-8H,1H3,(H,19,21). The summed E-state index contributed by atoms with van der Waals surface area (Å²) in [5.41, 5.74) is -1.66. The van der Waals surface area contributed by atoms with Crippen LogP contribution in [-0.2, 0) is 6.18 Å². The summed E-state index contributed by atoms with van der Waals surface area (Å²) < 4.78 is 38.1. The molecule has 0 bridgehead atoms. The number of alkyl halides is 3. The monoisotopic (exact) mass is 356 g/mol. The number of rotatable bonds is 4. The zero-order valence-corrected chi connectivity index (χ0v) is 13.1. The summed E-state index contributed by atoms with van der Waals surface area (Å²) in [6.07, 6.45) is -2.82. The van der Waals surface area contributed by atoms with Crippen LogP contribution in [-0.4, -0.2) is 17.1 Å². The average Bonchev–Trinajstić information content (AvgIpc) is 2.53. The van der Waals surface area contributed by atoms with E-state index in [1.807, 2.05) is 0 Å². The maximum absolute atomic E-state index is 12.7. The number of benzene rings is 2. The number of halogens is 3. The van der Waals surface area contributed by atoms with E-state index in [9.17, 15) is 28.1 Å². The minimum absolute atomic E-state index is 0.0984. The van der Waals surface area contributed by atoms with Crippen molar-refractivity contribution in [2.45, 2.75) is 11.1 Å². The van der Waals surface area contributed by atoms with Crippen molar-refractivity contribution in [2.75, 3.05) is 11.6 Å². The van der Waals surface area contributed by atoms with Gasteiger partial charge in [-0.05, 0) is 36.6 Å². The number of nitrogens with one attached hydrogen (secondary N) is 1. The SMILES string of the molecule is CSc1ccc([N+](=O)[O-])c(C(=O)Nc2cccc(C(F)(F)F)c2)c1. The van der Waals surface area contributed by atoms with Crippen LogP contribution in [0.25, 0.3) is 0 Å². The van der Waals surface area contributed by atoms with Gasteiger partial charge in [0.05, 0.1) is 10.5 Å². The Kier molecular flexibility index (Phi) is 5.13. The first-order valence-electron chi connectivity index (χ1n) is 6.53. The van der Waals surface area contributed by atoms with Gasteiger partial charge in [0.15, 0.2) is 0 Å². The van der Waals surface area contributed by atoms with Crippen LogP contribution in [0.5, 0.6) is 0 Å². The van der Waals surface area contributed by atoms with Gasteiger partial charge in [-0.1, -0.05) is 6.07 Å². The largest absolute Gasteiger partial charge is 0.416 e. The molecule has 2 aromatic carbocycles. The summed E-state index contributed by atoms with van der Waals surface area (Å²) in [6, 6.07) is 8.06. The molecule has 0 unspecified atom stereocenters. The van der Waals surface area contributed by atoms with Gasteiger partial charge in [-0.3, -0.25) is 14.9 Å². The Morgan fingerprint density at radius 1 is 1.21 bits per heavy atom. The Bertz CT molecular complexity index is 794. The predicted molar refractivity (Wildman–Crippen MR) is 84.3 cm³/mol. The number of amides is 1. The van der Waals surface area contributed by atoms with Crippen LogP contribution in [0.15, 0.2) is 47.4 Å². The van der Waals surface area contributed by atoms with Crippen molar-refractivity contribution in [2.24, 2.45) is 0 Å². The van der Waals surface area contributed by atoms with Crippen molar-refractivity contribution in [3.8, 4) is 0 Å². The fourth-order valence-corrected chi connectivity index (χ4v) is 2.39. The molecular formula is C15H11F3N2O3S. The molecule has 0 atom stereocenters. The Morgan fingerprint density at radius 3 is 2.50 bits per heavy atom. The molecule has 2 rings (SSSR count). The van der Waals surface area contributed by atoms with Gasteiger partial charge in [0.1, 0.15) is 5.56 Å². The first kappa shape index (κ1) is 17.8. The second-order valence-corrected chi connectivity index (χ2v) is 5.55. The molecule has 0 radical (unpaired) electrons. The van der Waals surface area contributed by atoms with Crippen molar-refractivity contribution in [1.82, 2.24) is 0 Å². The van der Waals surface area contributed by atoms with E-state index < -0.39 is 28.3 Å². The number of nitro benzene ring substituents is 1. The van der Waals surface area contributed by atoms with Crippen LogP contribution in [0.2, 0.25) is 0 Å². The average molecular weight is 356 g/mol. The number of nitro groups is 1. The van der Waals surface area contributed by atoms with Crippen LogP contribution in [0.3, 0.4) is 0 Å². The third kappa shape index (κ3) is 4.05. The van der Waals surface area contributed by atoms with E-state index in [0.717, 1.165) is 18.2 Å². The molecule has 0 saturated heterocycles. The zero-order chi connectivity index (χ0) is 17.9. The topological polar surface area (TPSA) is 72.2 Å². The number of hydrogen-bond donors (Lipinski definition) is 1. The maximum Gasteiger partial charge on any atom is 0.416 e. The summed E-state index contributed by atoms with van der Waals surface area (Å²) in [4.78, 5) is 23.2. The van der Waals surface area contributed by atoms with Crippen LogP contribution < -0.4 is 5.32 Å². The molecule has 126 valence electrons. The molecule has 0 fully saturated rings. The van der Waals surface area contributed by atoms with Crippen LogP contribution in [0.1, 0.15) is 15.9 Å². The number of anilines is 1. The predicted octanol–water partition coefficient (Wildman–Crippen LogP) is 4.59. The molecule has 5 nitrogen and oxygen atoms in total. The minimum Gasteiger partial charge on any atom is -0.322 e. The van der Waals surface area contributed by atoms with E-state index in [0.29, 0.717) is 4.90 Å². The molecule has 0 aliphatic rings. The van der Waals surface area contributed by atoms with Crippen LogP contribution in [0, 0.1) is 10.1 Å². The molecule has 0 aliphatic carbocycles. The highest BCUT2D eigenvalue weighted by Crippen LogP contribution is 2.31. The van der Waals surface area contributed by atoms with Crippen molar-refractivity contribution in [1.29, 1.82) is 0 Å². The first-order chi connectivity index (χ1) is 11.2. The first-order valence-corrected chi connectivity index (χ1v) is 7.76. The van der Waals surface area contributed by atoms with E-state index in [1.54, 1.807) is 6.26 Å². The highest BCUT2D eigenvalue weighted by Gasteiger charge is 2.30. The Labute approximate surface area is 139 Å². The molecule has 0 aliphatic heterocycles. The lowest BCUT2D eigenvalue weighted by molar-refractivity contribution is -0.385. The molecule has 0 heterocycles. The van der Waals surface area contributed by atoms with E-state index >= 15 is 0 Å². The van der Waals surface area contributed by atoms with Gasteiger partial charge in [0, 0.05) is 16.6 Å². The fourth-order valence-electron chi connectivity index (χ4n) is 1.95. The van der Waals surface area contributed by atoms with Gasteiger partial charge >= 0.3 is 6.18 Å². The molecule has 0 spiro atoms. The minimum atomic E-state index is -4.55. The third-order valence-electron chi connectivity index (χ3n) is 3.09. The molecular weight excluding hydrogens is 345 g/mol. The molecule has 0 saturated carbocycles. The van der Waals surface area contributed by atoms with Crippen molar-refractivity contribution in [3.05, 3.63) is 63.7 Å². The van der Waals surface area contributed by atoms with Crippen molar-refractivity contribution in [3.63, 3.8) is 0 Å². The lowest BCUT2D eigenvalue weighted by Crippen LogP contribution is -2.15. The number of hydrogen-bond acceptors (Lipinski definition) is 4. The van der Waals surface area contributed by atoms with Crippen LogP contribution in [0.4, 0.5) is 24.5 Å². The molecule has 24 heavy (non-hydrogen) atoms. The fraction of sp³-hybridized carbons (Fsp3) is 0.133. The highest BCUT2D eigenvalue weighted by molar-refractivity contribution is 7.98. The maximum atomic E-state index is 12.7. The lowest BCUT2D eigenvalue weighted by atomic mass is 10.1. The van der Waals surface area contributed by atoms with Gasteiger partial charge in [0.25, 0.3) is 11.6 Å². The van der Waals surface area contributed by atoms with E-state index in [-0.39, 0.29) is 11.3 Å². The molecule has 9 heteroatoms. The summed E-state index contributed by atoms with van der Waals surface area (Å²) in [7, 11) is 0. The number of nitrogens with zero attached hydrogens (tertiary/aromatic N) is 1. The van der Waals surface area contributed by atoms with Gasteiger partial charge in [-0.25, -0.2) is 0 Å². The number of carbonyl (C=O) groups excluding carboxylic acids is 1. The molecule has 0 aromatic heterocycles. The van der Waals surface area contributed by atoms with Gasteiger partial charge in [-0.15, -0.1) is 11.8 Å². The number of thioether (sulfide) groups is 1. The smallest absolute Gasteiger partial charge is 0.322 e. The van der Waals surface area contributed by atoms with E-state index in [4.69, 9.17) is 0 Å². The second-order valence-electron chi connectivity index (χ2n) is 4.67. The van der Waals surface area contributed by atoms with Crippen molar-refractivity contribution < 1.29 is 22.9 Å². The normalized spacial score (nSPS) is 11.2. The molecule has 1 N–H and O–H groups in total. The Morgan fingerprint density at radius 2 is 1.92 bits per heavy atom. The van der Waals surface area contributed by atoms with Gasteiger partial charge in [-0.2, -0.15) is 13.2 Å².